The lowest BCUT2D eigenvalue weighted by atomic mass is 10.2. The van der Waals surface area contributed by atoms with Crippen LogP contribution in [-0.2, 0) is 24.7 Å². The van der Waals surface area contributed by atoms with Gasteiger partial charge in [-0.05, 0) is 12.8 Å². The zero-order chi connectivity index (χ0) is 16.1. The van der Waals surface area contributed by atoms with Gasteiger partial charge >= 0.3 is 0 Å². The Balaban J connectivity index is 2.55. The number of sulfonamides is 1. The van der Waals surface area contributed by atoms with E-state index in [-0.39, 0.29) is 30.5 Å². The van der Waals surface area contributed by atoms with Crippen LogP contribution in [0.1, 0.15) is 32.6 Å². The van der Waals surface area contributed by atoms with Gasteiger partial charge in [-0.2, -0.15) is 4.31 Å². The summed E-state index contributed by atoms with van der Waals surface area (Å²) in [6, 6.07) is -0.516. The van der Waals surface area contributed by atoms with Crippen molar-refractivity contribution >= 4 is 25.8 Å². The molecule has 0 bridgehead atoms. The van der Waals surface area contributed by atoms with Crippen LogP contribution < -0.4 is 5.32 Å². The van der Waals surface area contributed by atoms with E-state index >= 15 is 0 Å². The summed E-state index contributed by atoms with van der Waals surface area (Å²) < 4.78 is 47.7. The maximum atomic E-state index is 11.8. The maximum absolute atomic E-state index is 11.8. The predicted octanol–water partition coefficient (Wildman–Crippen LogP) is -0.258. The average Bonchev–Trinajstić information content (AvgIpc) is 2.70. The number of nitrogens with one attached hydrogen (secondary N) is 1. The van der Waals surface area contributed by atoms with Crippen molar-refractivity contribution in [2.75, 3.05) is 30.9 Å². The second-order valence-corrected chi connectivity index (χ2v) is 9.55. The normalized spacial score (nSPS) is 21.6. The first kappa shape index (κ1) is 18.4. The summed E-state index contributed by atoms with van der Waals surface area (Å²) >= 11 is 0. The fraction of sp³-hybridized carbons (Fsp3) is 0.917. The molecule has 0 aromatic rings. The molecule has 1 aliphatic heterocycles. The first-order valence-corrected chi connectivity index (χ1v) is 10.8. The van der Waals surface area contributed by atoms with Gasteiger partial charge in [0.15, 0.2) is 9.84 Å². The van der Waals surface area contributed by atoms with Crippen molar-refractivity contribution in [3.63, 3.8) is 0 Å². The SMILES string of the molecule is CCCCC(=O)NCCN(C1CCS(=O)(=O)C1)S(C)(=O)=O. The maximum Gasteiger partial charge on any atom is 0.220 e. The quantitative estimate of drug-likeness (QED) is 0.656. The van der Waals surface area contributed by atoms with E-state index in [4.69, 9.17) is 0 Å². The molecule has 1 aliphatic rings. The Morgan fingerprint density at radius 3 is 2.52 bits per heavy atom. The molecule has 0 saturated carbocycles. The highest BCUT2D eigenvalue weighted by Crippen LogP contribution is 2.19. The van der Waals surface area contributed by atoms with Gasteiger partial charge in [0, 0.05) is 25.6 Å². The van der Waals surface area contributed by atoms with E-state index in [9.17, 15) is 21.6 Å². The summed E-state index contributed by atoms with van der Waals surface area (Å²) in [6.07, 6.45) is 3.52. The van der Waals surface area contributed by atoms with Crippen LogP contribution in [0.25, 0.3) is 0 Å². The van der Waals surface area contributed by atoms with Gasteiger partial charge in [-0.3, -0.25) is 4.79 Å². The Labute approximate surface area is 127 Å². The van der Waals surface area contributed by atoms with Gasteiger partial charge in [-0.25, -0.2) is 16.8 Å². The van der Waals surface area contributed by atoms with Crippen molar-refractivity contribution in [2.24, 2.45) is 0 Å². The molecule has 21 heavy (non-hydrogen) atoms. The largest absolute Gasteiger partial charge is 0.355 e. The van der Waals surface area contributed by atoms with Gasteiger partial charge in [0.05, 0.1) is 17.8 Å². The van der Waals surface area contributed by atoms with E-state index in [1.165, 1.54) is 4.31 Å². The molecule has 1 N–H and O–H groups in total. The van der Waals surface area contributed by atoms with Gasteiger partial charge in [-0.15, -0.1) is 0 Å². The average molecular weight is 340 g/mol. The third-order valence-electron chi connectivity index (χ3n) is 3.45. The Morgan fingerprint density at radius 2 is 2.05 bits per heavy atom. The third kappa shape index (κ3) is 6.31. The molecular weight excluding hydrogens is 316 g/mol. The lowest BCUT2D eigenvalue weighted by molar-refractivity contribution is -0.121. The molecule has 1 atom stereocenters. The minimum Gasteiger partial charge on any atom is -0.355 e. The van der Waals surface area contributed by atoms with E-state index in [0.29, 0.717) is 12.8 Å². The highest BCUT2D eigenvalue weighted by molar-refractivity contribution is 7.92. The number of carbonyl (C=O) groups is 1. The van der Waals surface area contributed by atoms with Crippen LogP contribution in [0.3, 0.4) is 0 Å². The lowest BCUT2D eigenvalue weighted by Gasteiger charge is -2.25. The Kier molecular flexibility index (Phi) is 6.61. The number of sulfone groups is 1. The Morgan fingerprint density at radius 1 is 1.38 bits per heavy atom. The molecular formula is C12H24N2O5S2. The second-order valence-electron chi connectivity index (χ2n) is 5.38. The van der Waals surface area contributed by atoms with E-state index < -0.39 is 25.9 Å². The molecule has 0 aromatic heterocycles. The summed E-state index contributed by atoms with van der Waals surface area (Å²) in [5.41, 5.74) is 0. The van der Waals surface area contributed by atoms with E-state index in [0.717, 1.165) is 19.1 Å². The molecule has 1 saturated heterocycles. The fourth-order valence-electron chi connectivity index (χ4n) is 2.35. The third-order valence-corrected chi connectivity index (χ3v) is 6.54. The standard InChI is InChI=1S/C12H24N2O5S2/c1-3-4-5-12(15)13-7-8-14(20(2,16)17)11-6-9-21(18,19)10-11/h11H,3-10H2,1-2H3,(H,13,15). The molecule has 0 radical (unpaired) electrons. The topological polar surface area (TPSA) is 101 Å². The van der Waals surface area contributed by atoms with Crippen molar-refractivity contribution in [1.82, 2.24) is 9.62 Å². The van der Waals surface area contributed by atoms with Gasteiger partial charge in [-0.1, -0.05) is 13.3 Å². The molecule has 0 spiro atoms. The number of hydrogen-bond donors (Lipinski definition) is 1. The smallest absolute Gasteiger partial charge is 0.220 e. The second kappa shape index (κ2) is 7.55. The van der Waals surface area contributed by atoms with Gasteiger partial charge in [0.25, 0.3) is 0 Å². The van der Waals surface area contributed by atoms with Crippen LogP contribution in [0.2, 0.25) is 0 Å². The Bertz CT molecular complexity index is 556. The van der Waals surface area contributed by atoms with Crippen LogP contribution in [0, 0.1) is 0 Å². The zero-order valence-electron chi connectivity index (χ0n) is 12.5. The van der Waals surface area contributed by atoms with Gasteiger partial charge in [0.1, 0.15) is 0 Å². The van der Waals surface area contributed by atoms with Crippen LogP contribution in [0.5, 0.6) is 0 Å². The first-order valence-electron chi connectivity index (χ1n) is 7.09. The molecule has 0 aliphatic carbocycles. The van der Waals surface area contributed by atoms with Crippen molar-refractivity contribution in [1.29, 1.82) is 0 Å². The molecule has 1 heterocycles. The van der Waals surface area contributed by atoms with E-state index in [2.05, 4.69) is 5.32 Å². The molecule has 9 heteroatoms. The fourth-order valence-corrected chi connectivity index (χ4v) is 5.32. The highest BCUT2D eigenvalue weighted by atomic mass is 32.2. The van der Waals surface area contributed by atoms with Crippen molar-refractivity contribution < 1.29 is 21.6 Å². The molecule has 1 amide bonds. The molecule has 124 valence electrons. The lowest BCUT2D eigenvalue weighted by Crippen LogP contribution is -2.44. The van der Waals surface area contributed by atoms with Crippen LogP contribution in [0.15, 0.2) is 0 Å². The monoisotopic (exact) mass is 340 g/mol. The van der Waals surface area contributed by atoms with Gasteiger partial charge in [0.2, 0.25) is 15.9 Å². The predicted molar refractivity (Wildman–Crippen MR) is 81.1 cm³/mol. The van der Waals surface area contributed by atoms with Crippen LogP contribution in [-0.4, -0.2) is 63.9 Å². The number of unbranched alkanes of at least 4 members (excludes halogenated alkanes) is 1. The number of amides is 1. The van der Waals surface area contributed by atoms with E-state index in [1.54, 1.807) is 0 Å². The van der Waals surface area contributed by atoms with Gasteiger partial charge < -0.3 is 5.32 Å². The minimum absolute atomic E-state index is 0.0204. The first-order chi connectivity index (χ1) is 9.65. The molecule has 1 fully saturated rings. The molecule has 1 rings (SSSR count). The van der Waals surface area contributed by atoms with Crippen LogP contribution in [0.4, 0.5) is 0 Å². The number of rotatable bonds is 8. The summed E-state index contributed by atoms with van der Waals surface area (Å²) in [6.45, 7) is 2.29. The zero-order valence-corrected chi connectivity index (χ0v) is 14.2. The molecule has 0 aromatic carbocycles. The number of nitrogens with zero attached hydrogens (tertiary/aromatic N) is 1. The minimum atomic E-state index is -3.50. The number of hydrogen-bond acceptors (Lipinski definition) is 5. The van der Waals surface area contributed by atoms with Crippen molar-refractivity contribution in [2.45, 2.75) is 38.6 Å². The number of carbonyl (C=O) groups excluding carboxylic acids is 1. The molecule has 1 unspecified atom stereocenters. The van der Waals surface area contributed by atoms with E-state index in [1.807, 2.05) is 6.92 Å². The summed E-state index contributed by atoms with van der Waals surface area (Å²) in [7, 11) is -6.64. The summed E-state index contributed by atoms with van der Waals surface area (Å²) in [5.74, 6) is -0.222. The summed E-state index contributed by atoms with van der Waals surface area (Å²) in [5, 5.41) is 2.67. The highest BCUT2D eigenvalue weighted by Gasteiger charge is 2.36. The van der Waals surface area contributed by atoms with Crippen LogP contribution >= 0.6 is 0 Å². The van der Waals surface area contributed by atoms with Crippen molar-refractivity contribution in [3.05, 3.63) is 0 Å². The molecule has 7 nitrogen and oxygen atoms in total. The summed E-state index contributed by atoms with van der Waals surface area (Å²) in [4.78, 5) is 11.5. The Hall–Kier alpha value is -0.670. The van der Waals surface area contributed by atoms with Crippen molar-refractivity contribution in [3.8, 4) is 0 Å².